The van der Waals surface area contributed by atoms with Gasteiger partial charge in [-0.05, 0) is 13.3 Å². The summed E-state index contributed by atoms with van der Waals surface area (Å²) in [6, 6.07) is 10.6. The average Bonchev–Trinajstić information content (AvgIpc) is 3.16. The molecule has 1 unspecified atom stereocenters. The number of hydrogen-bond donors (Lipinski definition) is 1. The van der Waals surface area contributed by atoms with Crippen molar-refractivity contribution in [1.82, 2.24) is 24.2 Å². The number of amides is 1. The predicted octanol–water partition coefficient (Wildman–Crippen LogP) is 2.75. The maximum atomic E-state index is 12.8. The van der Waals surface area contributed by atoms with Gasteiger partial charge < -0.3 is 10.2 Å². The fraction of sp³-hybridized carbons (Fsp3) is 0.409. The van der Waals surface area contributed by atoms with E-state index in [1.54, 1.807) is 12.4 Å². The summed E-state index contributed by atoms with van der Waals surface area (Å²) in [6.45, 7) is 8.17. The van der Waals surface area contributed by atoms with Crippen LogP contribution in [-0.4, -0.2) is 68.8 Å². The number of rotatable bonds is 6. The van der Waals surface area contributed by atoms with E-state index in [9.17, 15) is 4.79 Å². The standard InChI is InChI=1S/C22H28N6O/c1-3-17(2)26-11-13-27(14-12-26)20(29)16-24-22-21(18-7-5-4-6-8-18)25-19-15-23-9-10-28(19)22/h4-10,15,17,24H,3,11-14,16H2,1-2H3. The van der Waals surface area contributed by atoms with Crippen molar-refractivity contribution in [3.8, 4) is 11.3 Å². The van der Waals surface area contributed by atoms with E-state index >= 15 is 0 Å². The second kappa shape index (κ2) is 8.61. The maximum Gasteiger partial charge on any atom is 0.242 e. The zero-order valence-corrected chi connectivity index (χ0v) is 17.1. The van der Waals surface area contributed by atoms with Crippen molar-refractivity contribution in [2.75, 3.05) is 38.0 Å². The first kappa shape index (κ1) is 19.4. The molecule has 0 aliphatic carbocycles. The molecule has 0 bridgehead atoms. The van der Waals surface area contributed by atoms with Crippen LogP contribution in [0.2, 0.25) is 0 Å². The minimum Gasteiger partial charge on any atom is -0.360 e. The molecule has 7 heteroatoms. The van der Waals surface area contributed by atoms with Crippen LogP contribution in [-0.2, 0) is 4.79 Å². The molecule has 0 saturated carbocycles. The van der Waals surface area contributed by atoms with Gasteiger partial charge in [0.1, 0.15) is 11.5 Å². The van der Waals surface area contributed by atoms with Gasteiger partial charge in [-0.1, -0.05) is 37.3 Å². The summed E-state index contributed by atoms with van der Waals surface area (Å²) in [5.41, 5.74) is 2.59. The smallest absolute Gasteiger partial charge is 0.242 e. The lowest BCUT2D eigenvalue weighted by Crippen LogP contribution is -2.52. The Morgan fingerprint density at radius 2 is 1.93 bits per heavy atom. The molecule has 3 aromatic rings. The molecular weight excluding hydrogens is 364 g/mol. The summed E-state index contributed by atoms with van der Waals surface area (Å²) in [5, 5.41) is 3.34. The Balaban J connectivity index is 1.48. The summed E-state index contributed by atoms with van der Waals surface area (Å²) in [5.74, 6) is 0.942. The summed E-state index contributed by atoms with van der Waals surface area (Å²) >= 11 is 0. The van der Waals surface area contributed by atoms with Crippen LogP contribution in [0.1, 0.15) is 20.3 Å². The Hall–Kier alpha value is -2.93. The van der Waals surface area contributed by atoms with Crippen LogP contribution >= 0.6 is 0 Å². The fourth-order valence-electron chi connectivity index (χ4n) is 3.81. The van der Waals surface area contributed by atoms with Gasteiger partial charge in [0.2, 0.25) is 5.91 Å². The largest absolute Gasteiger partial charge is 0.360 e. The van der Waals surface area contributed by atoms with Crippen LogP contribution < -0.4 is 5.32 Å². The van der Waals surface area contributed by atoms with E-state index < -0.39 is 0 Å². The summed E-state index contributed by atoms with van der Waals surface area (Å²) in [6.07, 6.45) is 6.46. The number of anilines is 1. The number of hydrogen-bond acceptors (Lipinski definition) is 5. The number of carbonyl (C=O) groups excluding carboxylic acids is 1. The van der Waals surface area contributed by atoms with Crippen molar-refractivity contribution >= 4 is 17.4 Å². The van der Waals surface area contributed by atoms with Gasteiger partial charge in [0.15, 0.2) is 5.65 Å². The lowest BCUT2D eigenvalue weighted by Gasteiger charge is -2.37. The normalized spacial score (nSPS) is 16.1. The molecule has 4 rings (SSSR count). The summed E-state index contributed by atoms with van der Waals surface area (Å²) in [4.78, 5) is 26.1. The predicted molar refractivity (Wildman–Crippen MR) is 115 cm³/mol. The third-order valence-electron chi connectivity index (χ3n) is 5.77. The van der Waals surface area contributed by atoms with Gasteiger partial charge in [-0.15, -0.1) is 0 Å². The van der Waals surface area contributed by atoms with Crippen molar-refractivity contribution in [1.29, 1.82) is 0 Å². The van der Waals surface area contributed by atoms with Crippen LogP contribution in [0.5, 0.6) is 0 Å². The molecule has 0 radical (unpaired) electrons. The molecule has 1 saturated heterocycles. The molecule has 1 aromatic carbocycles. The van der Waals surface area contributed by atoms with Gasteiger partial charge in [-0.2, -0.15) is 0 Å². The van der Waals surface area contributed by atoms with Crippen molar-refractivity contribution in [2.24, 2.45) is 0 Å². The van der Waals surface area contributed by atoms with Crippen molar-refractivity contribution in [3.05, 3.63) is 48.9 Å². The first-order chi connectivity index (χ1) is 14.2. The van der Waals surface area contributed by atoms with Crippen molar-refractivity contribution in [3.63, 3.8) is 0 Å². The zero-order chi connectivity index (χ0) is 20.2. The Labute approximate surface area is 171 Å². The number of benzene rings is 1. The third kappa shape index (κ3) is 4.10. The van der Waals surface area contributed by atoms with Gasteiger partial charge in [0, 0.05) is 50.2 Å². The van der Waals surface area contributed by atoms with Gasteiger partial charge in [-0.3, -0.25) is 19.1 Å². The summed E-state index contributed by atoms with van der Waals surface area (Å²) < 4.78 is 1.95. The molecule has 1 amide bonds. The lowest BCUT2D eigenvalue weighted by atomic mass is 10.1. The Morgan fingerprint density at radius 3 is 2.66 bits per heavy atom. The van der Waals surface area contributed by atoms with Crippen molar-refractivity contribution < 1.29 is 4.79 Å². The van der Waals surface area contributed by atoms with E-state index in [1.165, 1.54) is 0 Å². The minimum atomic E-state index is 0.122. The Bertz CT molecular complexity index is 962. The van der Waals surface area contributed by atoms with Gasteiger partial charge in [-0.25, -0.2) is 4.98 Å². The van der Waals surface area contributed by atoms with Gasteiger partial charge in [0.05, 0.1) is 12.7 Å². The van der Waals surface area contributed by atoms with Crippen LogP contribution in [0.25, 0.3) is 16.9 Å². The van der Waals surface area contributed by atoms with Crippen LogP contribution in [0.3, 0.4) is 0 Å². The number of nitrogens with one attached hydrogen (secondary N) is 1. The van der Waals surface area contributed by atoms with E-state index in [-0.39, 0.29) is 12.5 Å². The lowest BCUT2D eigenvalue weighted by molar-refractivity contribution is -0.131. The minimum absolute atomic E-state index is 0.122. The molecular formula is C22H28N6O. The number of piperazine rings is 1. The van der Waals surface area contributed by atoms with Crippen LogP contribution in [0.15, 0.2) is 48.9 Å². The zero-order valence-electron chi connectivity index (χ0n) is 17.1. The second-order valence-corrected chi connectivity index (χ2v) is 7.51. The highest BCUT2D eigenvalue weighted by Gasteiger charge is 2.24. The highest BCUT2D eigenvalue weighted by molar-refractivity contribution is 5.83. The molecule has 1 aliphatic heterocycles. The Morgan fingerprint density at radius 1 is 1.17 bits per heavy atom. The van der Waals surface area contributed by atoms with Crippen LogP contribution in [0, 0.1) is 0 Å². The Kier molecular flexibility index (Phi) is 5.76. The van der Waals surface area contributed by atoms with Crippen LogP contribution in [0.4, 0.5) is 5.82 Å². The first-order valence-corrected chi connectivity index (χ1v) is 10.3. The molecule has 7 nitrogen and oxygen atoms in total. The second-order valence-electron chi connectivity index (χ2n) is 7.51. The molecule has 1 atom stereocenters. The molecule has 1 fully saturated rings. The molecule has 1 N–H and O–H groups in total. The molecule has 0 spiro atoms. The van der Waals surface area contributed by atoms with E-state index in [0.717, 1.165) is 55.3 Å². The average molecular weight is 393 g/mol. The highest BCUT2D eigenvalue weighted by Crippen LogP contribution is 2.28. The maximum absolute atomic E-state index is 12.8. The quantitative estimate of drug-likeness (QED) is 0.699. The van der Waals surface area contributed by atoms with E-state index in [2.05, 4.69) is 29.0 Å². The molecule has 29 heavy (non-hydrogen) atoms. The fourth-order valence-corrected chi connectivity index (χ4v) is 3.81. The molecule has 2 aromatic heterocycles. The number of imidazole rings is 1. The molecule has 3 heterocycles. The van der Waals surface area contributed by atoms with E-state index in [1.807, 2.05) is 45.8 Å². The van der Waals surface area contributed by atoms with E-state index in [0.29, 0.717) is 6.04 Å². The van der Waals surface area contributed by atoms with Crippen molar-refractivity contribution in [2.45, 2.75) is 26.3 Å². The highest BCUT2D eigenvalue weighted by atomic mass is 16.2. The molecule has 1 aliphatic rings. The van der Waals surface area contributed by atoms with E-state index in [4.69, 9.17) is 4.98 Å². The number of aromatic nitrogens is 3. The topological polar surface area (TPSA) is 65.8 Å². The first-order valence-electron chi connectivity index (χ1n) is 10.3. The number of fused-ring (bicyclic) bond motifs is 1. The van der Waals surface area contributed by atoms with Gasteiger partial charge >= 0.3 is 0 Å². The number of carbonyl (C=O) groups is 1. The van der Waals surface area contributed by atoms with Gasteiger partial charge in [0.25, 0.3) is 0 Å². The SMILES string of the molecule is CCC(C)N1CCN(C(=O)CNc2c(-c3ccccc3)nc3cnccn23)CC1. The monoisotopic (exact) mass is 392 g/mol. The number of nitrogens with zero attached hydrogens (tertiary/aromatic N) is 5. The molecule has 152 valence electrons. The summed E-state index contributed by atoms with van der Waals surface area (Å²) in [7, 11) is 0. The third-order valence-corrected chi connectivity index (χ3v) is 5.77.